The van der Waals surface area contributed by atoms with Crippen molar-refractivity contribution in [2.45, 2.75) is 18.9 Å². The van der Waals surface area contributed by atoms with Crippen LogP contribution >= 0.6 is 0 Å². The third-order valence-electron chi connectivity index (χ3n) is 2.84. The fourth-order valence-electron chi connectivity index (χ4n) is 1.83. The highest BCUT2D eigenvalue weighted by Gasteiger charge is 2.25. The summed E-state index contributed by atoms with van der Waals surface area (Å²) in [5.41, 5.74) is 0.00318. The number of carbonyl (C=O) groups excluding carboxylic acids is 1. The molecule has 0 aliphatic carbocycles. The molecule has 0 saturated carbocycles. The number of amides is 1. The monoisotopic (exact) mass is 272 g/mol. The predicted octanol–water partition coefficient (Wildman–Crippen LogP) is 0.528. The van der Waals surface area contributed by atoms with E-state index in [1.54, 1.807) is 0 Å². The van der Waals surface area contributed by atoms with Gasteiger partial charge in [-0.1, -0.05) is 6.07 Å². The molecule has 1 aromatic heterocycles. The van der Waals surface area contributed by atoms with Crippen LogP contribution in [0.4, 0.5) is 4.39 Å². The Bertz CT molecular complexity index is 545. The van der Waals surface area contributed by atoms with Crippen LogP contribution in [0.15, 0.2) is 18.2 Å². The standard InChI is InChI=1S/C11H13FN2O3S/c12-10-3-1-2-9(14-10)11(15)13-8-4-6-18(16,17)7-5-8/h1-3,8H,4-7H2,(H,13,15). The second-order valence-corrected chi connectivity index (χ2v) is 6.55. The number of sulfone groups is 1. The van der Waals surface area contributed by atoms with Crippen molar-refractivity contribution >= 4 is 15.7 Å². The Kier molecular flexibility index (Phi) is 3.60. The number of hydrogen-bond donors (Lipinski definition) is 1. The summed E-state index contributed by atoms with van der Waals surface area (Å²) in [4.78, 5) is 15.2. The summed E-state index contributed by atoms with van der Waals surface area (Å²) < 4.78 is 35.3. The summed E-state index contributed by atoms with van der Waals surface area (Å²) in [6.45, 7) is 0. The van der Waals surface area contributed by atoms with E-state index in [-0.39, 0.29) is 23.2 Å². The van der Waals surface area contributed by atoms with Crippen molar-refractivity contribution in [3.8, 4) is 0 Å². The van der Waals surface area contributed by atoms with Crippen LogP contribution in [0.5, 0.6) is 0 Å². The van der Waals surface area contributed by atoms with E-state index in [1.807, 2.05) is 0 Å². The number of nitrogens with zero attached hydrogens (tertiary/aromatic N) is 1. The fraction of sp³-hybridized carbons (Fsp3) is 0.455. The number of halogens is 1. The van der Waals surface area contributed by atoms with E-state index in [4.69, 9.17) is 0 Å². The van der Waals surface area contributed by atoms with Gasteiger partial charge < -0.3 is 5.32 Å². The Morgan fingerprint density at radius 3 is 2.61 bits per heavy atom. The van der Waals surface area contributed by atoms with Gasteiger partial charge in [0.15, 0.2) is 0 Å². The van der Waals surface area contributed by atoms with Crippen LogP contribution in [-0.2, 0) is 9.84 Å². The molecule has 7 heteroatoms. The quantitative estimate of drug-likeness (QED) is 0.797. The highest BCUT2D eigenvalue weighted by molar-refractivity contribution is 7.91. The summed E-state index contributed by atoms with van der Waals surface area (Å²) in [5, 5.41) is 2.67. The lowest BCUT2D eigenvalue weighted by Crippen LogP contribution is -2.41. The Hall–Kier alpha value is -1.50. The van der Waals surface area contributed by atoms with E-state index in [1.165, 1.54) is 12.1 Å². The Morgan fingerprint density at radius 2 is 2.00 bits per heavy atom. The van der Waals surface area contributed by atoms with Gasteiger partial charge in [0, 0.05) is 6.04 Å². The number of rotatable bonds is 2. The van der Waals surface area contributed by atoms with Crippen LogP contribution in [-0.4, -0.2) is 36.9 Å². The van der Waals surface area contributed by atoms with Crippen LogP contribution < -0.4 is 5.32 Å². The average Bonchev–Trinajstić information content (AvgIpc) is 2.32. The molecule has 0 unspecified atom stereocenters. The third-order valence-corrected chi connectivity index (χ3v) is 4.55. The summed E-state index contributed by atoms with van der Waals surface area (Å²) in [6.07, 6.45) is 0.785. The first-order valence-corrected chi connectivity index (χ1v) is 7.42. The van der Waals surface area contributed by atoms with Gasteiger partial charge in [0.05, 0.1) is 11.5 Å². The van der Waals surface area contributed by atoms with Gasteiger partial charge >= 0.3 is 0 Å². The zero-order valence-electron chi connectivity index (χ0n) is 9.60. The lowest BCUT2D eigenvalue weighted by atomic mass is 10.1. The van der Waals surface area contributed by atoms with Crippen LogP contribution in [0.25, 0.3) is 0 Å². The van der Waals surface area contributed by atoms with Crippen LogP contribution in [0.1, 0.15) is 23.3 Å². The van der Waals surface area contributed by atoms with Crippen molar-refractivity contribution in [2.75, 3.05) is 11.5 Å². The molecule has 0 bridgehead atoms. The van der Waals surface area contributed by atoms with Crippen molar-refractivity contribution in [3.05, 3.63) is 29.8 Å². The molecule has 98 valence electrons. The molecule has 1 fully saturated rings. The second-order valence-electron chi connectivity index (χ2n) is 4.25. The van der Waals surface area contributed by atoms with E-state index in [0.29, 0.717) is 12.8 Å². The van der Waals surface area contributed by atoms with Crippen molar-refractivity contribution in [1.82, 2.24) is 10.3 Å². The molecule has 1 saturated heterocycles. The topological polar surface area (TPSA) is 76.1 Å². The van der Waals surface area contributed by atoms with E-state index in [9.17, 15) is 17.6 Å². The van der Waals surface area contributed by atoms with E-state index < -0.39 is 21.7 Å². The van der Waals surface area contributed by atoms with Gasteiger partial charge in [-0.3, -0.25) is 4.79 Å². The van der Waals surface area contributed by atoms with E-state index in [0.717, 1.165) is 6.07 Å². The predicted molar refractivity (Wildman–Crippen MR) is 63.3 cm³/mol. The number of carbonyl (C=O) groups is 1. The summed E-state index contributed by atoms with van der Waals surface area (Å²) in [6, 6.07) is 3.79. The molecule has 0 spiro atoms. The SMILES string of the molecule is O=C(NC1CCS(=O)(=O)CC1)c1cccc(F)n1. The van der Waals surface area contributed by atoms with Gasteiger partial charge in [0.2, 0.25) is 5.95 Å². The molecule has 0 atom stereocenters. The third kappa shape index (κ3) is 3.25. The maximum atomic E-state index is 12.8. The van der Waals surface area contributed by atoms with Crippen molar-refractivity contribution in [3.63, 3.8) is 0 Å². The zero-order chi connectivity index (χ0) is 13.2. The van der Waals surface area contributed by atoms with E-state index >= 15 is 0 Å². The molecule has 1 amide bonds. The molecule has 0 aromatic carbocycles. The van der Waals surface area contributed by atoms with Gasteiger partial charge in [-0.15, -0.1) is 0 Å². The summed E-state index contributed by atoms with van der Waals surface area (Å²) in [5.74, 6) is -1.03. The molecular formula is C11H13FN2O3S. The van der Waals surface area contributed by atoms with Crippen molar-refractivity contribution in [1.29, 1.82) is 0 Å². The Morgan fingerprint density at radius 1 is 1.33 bits per heavy atom. The molecule has 18 heavy (non-hydrogen) atoms. The maximum Gasteiger partial charge on any atom is 0.270 e. The highest BCUT2D eigenvalue weighted by Crippen LogP contribution is 2.12. The molecule has 5 nitrogen and oxygen atoms in total. The number of pyridine rings is 1. The average molecular weight is 272 g/mol. The number of nitrogens with one attached hydrogen (secondary N) is 1. The highest BCUT2D eigenvalue weighted by atomic mass is 32.2. The molecule has 1 aromatic rings. The van der Waals surface area contributed by atoms with Gasteiger partial charge in [0.25, 0.3) is 5.91 Å². The largest absolute Gasteiger partial charge is 0.348 e. The normalized spacial score (nSPS) is 19.4. The number of aromatic nitrogens is 1. The van der Waals surface area contributed by atoms with Gasteiger partial charge in [-0.25, -0.2) is 13.4 Å². The minimum atomic E-state index is -2.95. The fourth-order valence-corrected chi connectivity index (χ4v) is 3.32. The minimum absolute atomic E-state index is 0.00318. The molecule has 2 heterocycles. The molecular weight excluding hydrogens is 259 g/mol. The number of hydrogen-bond acceptors (Lipinski definition) is 4. The lowest BCUT2D eigenvalue weighted by molar-refractivity contribution is 0.0928. The van der Waals surface area contributed by atoms with Crippen LogP contribution in [0, 0.1) is 5.95 Å². The van der Waals surface area contributed by atoms with Crippen LogP contribution in [0.2, 0.25) is 0 Å². The Balaban J connectivity index is 1.97. The maximum absolute atomic E-state index is 12.8. The lowest BCUT2D eigenvalue weighted by Gasteiger charge is -2.22. The van der Waals surface area contributed by atoms with Crippen molar-refractivity contribution < 1.29 is 17.6 Å². The molecule has 2 rings (SSSR count). The van der Waals surface area contributed by atoms with Gasteiger partial charge in [-0.2, -0.15) is 4.39 Å². The van der Waals surface area contributed by atoms with Crippen molar-refractivity contribution in [2.24, 2.45) is 0 Å². The smallest absolute Gasteiger partial charge is 0.270 e. The zero-order valence-corrected chi connectivity index (χ0v) is 10.4. The summed E-state index contributed by atoms with van der Waals surface area (Å²) >= 11 is 0. The first-order chi connectivity index (χ1) is 8.46. The molecule has 1 N–H and O–H groups in total. The minimum Gasteiger partial charge on any atom is -0.348 e. The second kappa shape index (κ2) is 5.01. The first kappa shape index (κ1) is 12.9. The summed E-state index contributed by atoms with van der Waals surface area (Å²) in [7, 11) is -2.95. The van der Waals surface area contributed by atoms with Crippen LogP contribution in [0.3, 0.4) is 0 Å². The molecule has 1 aliphatic rings. The first-order valence-electron chi connectivity index (χ1n) is 5.60. The Labute approximate surface area is 104 Å². The molecule has 1 aliphatic heterocycles. The molecule has 0 radical (unpaired) electrons. The van der Waals surface area contributed by atoms with Gasteiger partial charge in [0.1, 0.15) is 15.5 Å². The van der Waals surface area contributed by atoms with Gasteiger partial charge in [-0.05, 0) is 25.0 Å². The van der Waals surface area contributed by atoms with E-state index in [2.05, 4.69) is 10.3 Å².